The van der Waals surface area contributed by atoms with Gasteiger partial charge in [0.2, 0.25) is 0 Å². The first-order chi connectivity index (χ1) is 16.1. The van der Waals surface area contributed by atoms with Crippen LogP contribution in [-0.4, -0.2) is 88.4 Å². The Morgan fingerprint density at radius 3 is 2.32 bits per heavy atom. The zero-order chi connectivity index (χ0) is 24.5. The van der Waals surface area contributed by atoms with Gasteiger partial charge in [-0.15, -0.1) is 0 Å². The summed E-state index contributed by atoms with van der Waals surface area (Å²) in [6, 6.07) is 7.51. The minimum atomic E-state index is -0.527. The first-order valence-electron chi connectivity index (χ1n) is 11.9. The van der Waals surface area contributed by atoms with Gasteiger partial charge in [-0.05, 0) is 58.9 Å². The molecule has 0 saturated carbocycles. The number of likely N-dealkylation sites (N-methyl/N-ethyl adjacent to an activating group) is 1. The van der Waals surface area contributed by atoms with E-state index in [0.717, 1.165) is 37.3 Å². The Balaban J connectivity index is 1.60. The van der Waals surface area contributed by atoms with Crippen LogP contribution in [0.5, 0.6) is 0 Å². The van der Waals surface area contributed by atoms with Gasteiger partial charge >= 0.3 is 6.09 Å². The third-order valence-corrected chi connectivity index (χ3v) is 6.65. The maximum absolute atomic E-state index is 13.6. The number of hydrogen-bond acceptors (Lipinski definition) is 5. The Morgan fingerprint density at radius 1 is 1.03 bits per heavy atom. The largest absolute Gasteiger partial charge is 0.444 e. The van der Waals surface area contributed by atoms with Crippen LogP contribution in [-0.2, 0) is 4.74 Å². The van der Waals surface area contributed by atoms with Crippen LogP contribution in [0.4, 0.5) is 4.79 Å². The normalized spacial score (nSPS) is 18.3. The molecule has 4 rings (SSSR count). The van der Waals surface area contributed by atoms with Gasteiger partial charge in [0.05, 0.1) is 23.1 Å². The number of piperazine rings is 1. The third-order valence-electron chi connectivity index (χ3n) is 6.41. The number of carbonyl (C=O) groups excluding carboxylic acids is 2. The molecule has 2 aliphatic heterocycles. The number of rotatable bonds is 3. The molecule has 2 amide bonds. The van der Waals surface area contributed by atoms with Crippen LogP contribution in [0, 0.1) is 0 Å². The zero-order valence-electron chi connectivity index (χ0n) is 20.5. The van der Waals surface area contributed by atoms with Gasteiger partial charge in [0.25, 0.3) is 5.91 Å². The highest BCUT2D eigenvalue weighted by atomic mass is 35.5. The lowest BCUT2D eigenvalue weighted by Crippen LogP contribution is -2.47. The fourth-order valence-corrected chi connectivity index (χ4v) is 4.76. The average Bonchev–Trinajstić information content (AvgIpc) is 3.23. The predicted molar refractivity (Wildman–Crippen MR) is 132 cm³/mol. The van der Waals surface area contributed by atoms with Crippen molar-refractivity contribution in [2.75, 3.05) is 46.3 Å². The van der Waals surface area contributed by atoms with E-state index in [0.29, 0.717) is 36.8 Å². The maximum Gasteiger partial charge on any atom is 0.410 e. The van der Waals surface area contributed by atoms with E-state index in [1.54, 1.807) is 11.1 Å². The van der Waals surface area contributed by atoms with E-state index in [1.165, 1.54) is 0 Å². The molecule has 9 heteroatoms. The standard InChI is InChI=1S/C25H34ClN5O3/c1-25(2,3)34-24(33)30-10-8-18(9-11-30)22-21(23(32)29-14-12-28(4)13-15-29)17-27-31(22)20-7-5-6-19(26)16-20/h5-7,16-18H,8-15H2,1-4H3. The molecule has 3 heterocycles. The van der Waals surface area contributed by atoms with E-state index in [9.17, 15) is 9.59 Å². The zero-order valence-corrected chi connectivity index (χ0v) is 21.2. The minimum absolute atomic E-state index is 0.0194. The van der Waals surface area contributed by atoms with Crippen LogP contribution in [0.2, 0.25) is 5.02 Å². The molecule has 0 bridgehead atoms. The molecule has 0 N–H and O–H groups in total. The molecular formula is C25H34ClN5O3. The van der Waals surface area contributed by atoms with Crippen LogP contribution in [0.1, 0.15) is 55.6 Å². The highest BCUT2D eigenvalue weighted by Crippen LogP contribution is 2.33. The number of hydrogen-bond donors (Lipinski definition) is 0. The molecule has 1 aromatic heterocycles. The Morgan fingerprint density at radius 2 is 1.71 bits per heavy atom. The van der Waals surface area contributed by atoms with Crippen LogP contribution < -0.4 is 0 Å². The molecule has 2 aliphatic rings. The van der Waals surface area contributed by atoms with Crippen molar-refractivity contribution in [3.05, 3.63) is 46.7 Å². The third kappa shape index (κ3) is 5.55. The van der Waals surface area contributed by atoms with E-state index in [-0.39, 0.29) is 17.9 Å². The average molecular weight is 488 g/mol. The van der Waals surface area contributed by atoms with Crippen molar-refractivity contribution < 1.29 is 14.3 Å². The molecule has 0 unspecified atom stereocenters. The van der Waals surface area contributed by atoms with Crippen LogP contribution in [0.3, 0.4) is 0 Å². The summed E-state index contributed by atoms with van der Waals surface area (Å²) in [6.45, 7) is 9.88. The second kappa shape index (κ2) is 9.96. The molecule has 184 valence electrons. The van der Waals surface area contributed by atoms with Gasteiger partial charge in [-0.2, -0.15) is 5.10 Å². The summed E-state index contributed by atoms with van der Waals surface area (Å²) in [5.41, 5.74) is 1.84. The van der Waals surface area contributed by atoms with E-state index in [2.05, 4.69) is 17.0 Å². The highest BCUT2D eigenvalue weighted by molar-refractivity contribution is 6.30. The predicted octanol–water partition coefficient (Wildman–Crippen LogP) is 4.03. The molecule has 0 aliphatic carbocycles. The quantitative estimate of drug-likeness (QED) is 0.653. The van der Waals surface area contributed by atoms with Gasteiger partial charge in [0.15, 0.2) is 0 Å². The monoisotopic (exact) mass is 487 g/mol. The lowest BCUT2D eigenvalue weighted by Gasteiger charge is -2.35. The second-order valence-corrected chi connectivity index (χ2v) is 10.6. The van der Waals surface area contributed by atoms with E-state index >= 15 is 0 Å². The molecule has 2 saturated heterocycles. The Bertz CT molecular complexity index is 1030. The van der Waals surface area contributed by atoms with Gasteiger partial charge < -0.3 is 19.4 Å². The van der Waals surface area contributed by atoms with E-state index in [1.807, 2.05) is 54.6 Å². The van der Waals surface area contributed by atoms with E-state index < -0.39 is 5.60 Å². The van der Waals surface area contributed by atoms with Crippen molar-refractivity contribution in [1.29, 1.82) is 0 Å². The molecule has 0 radical (unpaired) electrons. The van der Waals surface area contributed by atoms with Gasteiger partial charge in [-0.3, -0.25) is 4.79 Å². The molecule has 0 spiro atoms. The summed E-state index contributed by atoms with van der Waals surface area (Å²) in [4.78, 5) is 32.0. The lowest BCUT2D eigenvalue weighted by molar-refractivity contribution is 0.0202. The van der Waals surface area contributed by atoms with Crippen molar-refractivity contribution in [3.8, 4) is 5.69 Å². The molecule has 8 nitrogen and oxygen atoms in total. The molecule has 1 aromatic carbocycles. The van der Waals surface area contributed by atoms with E-state index in [4.69, 9.17) is 16.3 Å². The van der Waals surface area contributed by atoms with Gasteiger partial charge in [-0.1, -0.05) is 17.7 Å². The number of halogens is 1. The molecular weight excluding hydrogens is 454 g/mol. The fraction of sp³-hybridized carbons (Fsp3) is 0.560. The molecule has 0 atom stereocenters. The number of likely N-dealkylation sites (tertiary alicyclic amines) is 1. The number of aromatic nitrogens is 2. The van der Waals surface area contributed by atoms with Crippen molar-refractivity contribution in [1.82, 2.24) is 24.5 Å². The Kier molecular flexibility index (Phi) is 7.19. The number of amides is 2. The summed E-state index contributed by atoms with van der Waals surface area (Å²) in [6.07, 6.45) is 2.86. The first kappa shape index (κ1) is 24.5. The number of nitrogens with zero attached hydrogens (tertiary/aromatic N) is 5. The van der Waals surface area contributed by atoms with Crippen LogP contribution in [0.15, 0.2) is 30.5 Å². The first-order valence-corrected chi connectivity index (χ1v) is 12.3. The number of ether oxygens (including phenoxy) is 1. The highest BCUT2D eigenvalue weighted by Gasteiger charge is 2.33. The Labute approximate surface area is 206 Å². The summed E-state index contributed by atoms with van der Waals surface area (Å²) in [5.74, 6) is 0.109. The van der Waals surface area contributed by atoms with Gasteiger partial charge in [0, 0.05) is 50.2 Å². The smallest absolute Gasteiger partial charge is 0.410 e. The van der Waals surface area contributed by atoms with Crippen molar-refractivity contribution in [3.63, 3.8) is 0 Å². The topological polar surface area (TPSA) is 70.9 Å². The van der Waals surface area contributed by atoms with Crippen molar-refractivity contribution >= 4 is 23.6 Å². The van der Waals surface area contributed by atoms with Gasteiger partial charge in [-0.25, -0.2) is 9.48 Å². The SMILES string of the molecule is CN1CCN(C(=O)c2cnn(-c3cccc(Cl)c3)c2C2CCN(C(=O)OC(C)(C)C)CC2)CC1. The summed E-state index contributed by atoms with van der Waals surface area (Å²) >= 11 is 6.27. The number of benzene rings is 1. The number of piperidine rings is 1. The molecule has 2 aromatic rings. The fourth-order valence-electron chi connectivity index (χ4n) is 4.57. The van der Waals surface area contributed by atoms with Crippen LogP contribution >= 0.6 is 11.6 Å². The minimum Gasteiger partial charge on any atom is -0.444 e. The Hall–Kier alpha value is -2.58. The second-order valence-electron chi connectivity index (χ2n) is 10.2. The van der Waals surface area contributed by atoms with Crippen molar-refractivity contribution in [2.45, 2.75) is 45.1 Å². The summed E-state index contributed by atoms with van der Waals surface area (Å²) in [7, 11) is 2.07. The lowest BCUT2D eigenvalue weighted by atomic mass is 9.90. The maximum atomic E-state index is 13.6. The van der Waals surface area contributed by atoms with Crippen molar-refractivity contribution in [2.24, 2.45) is 0 Å². The van der Waals surface area contributed by atoms with Gasteiger partial charge in [0.1, 0.15) is 5.60 Å². The number of carbonyl (C=O) groups is 2. The summed E-state index contributed by atoms with van der Waals surface area (Å²) in [5, 5.41) is 5.25. The summed E-state index contributed by atoms with van der Waals surface area (Å²) < 4.78 is 7.40. The molecule has 2 fully saturated rings. The van der Waals surface area contributed by atoms with Crippen LogP contribution in [0.25, 0.3) is 5.69 Å². The molecule has 34 heavy (non-hydrogen) atoms.